The van der Waals surface area contributed by atoms with Crippen molar-refractivity contribution in [2.45, 2.75) is 50.2 Å². The smallest absolute Gasteiger partial charge is 0.247 e. The summed E-state index contributed by atoms with van der Waals surface area (Å²) in [5.74, 6) is 5.34. The molecule has 1 aromatic rings. The Morgan fingerprint density at radius 3 is 2.11 bits per heavy atom. The number of thioether (sulfide) groups is 1. The normalized spacial score (nSPS) is 13.4. The fourth-order valence-electron chi connectivity index (χ4n) is 1.75. The van der Waals surface area contributed by atoms with Gasteiger partial charge < -0.3 is 0 Å². The Hall–Kier alpha value is -1.00. The van der Waals surface area contributed by atoms with E-state index >= 15 is 0 Å². The zero-order chi connectivity index (χ0) is 14.6. The molecule has 1 amide bonds. The van der Waals surface area contributed by atoms with Crippen molar-refractivity contribution < 1.29 is 4.79 Å². The zero-order valence-electron chi connectivity index (χ0n) is 12.4. The minimum Gasteiger partial charge on any atom is -0.293 e. The van der Waals surface area contributed by atoms with E-state index in [-0.39, 0.29) is 22.5 Å². The van der Waals surface area contributed by atoms with Crippen LogP contribution in [0.25, 0.3) is 0 Å². The number of amides is 1. The Morgan fingerprint density at radius 1 is 1.21 bits per heavy atom. The number of rotatable bonds is 4. The maximum absolute atomic E-state index is 11.7. The minimum absolute atomic E-state index is 0.125. The number of nitrogens with one attached hydrogen (secondary N) is 1. The zero-order valence-corrected chi connectivity index (χ0v) is 13.2. The molecule has 0 radical (unpaired) electrons. The molecule has 0 saturated heterocycles. The molecule has 0 saturated carbocycles. The molecule has 106 valence electrons. The Labute approximate surface area is 120 Å². The summed E-state index contributed by atoms with van der Waals surface area (Å²) >= 11 is 1.56. The quantitative estimate of drug-likeness (QED) is 0.386. The average molecular weight is 280 g/mol. The lowest BCUT2D eigenvalue weighted by Crippen LogP contribution is -2.39. The van der Waals surface area contributed by atoms with Crippen molar-refractivity contribution in [1.29, 1.82) is 0 Å². The first-order valence-corrected chi connectivity index (χ1v) is 7.41. The van der Waals surface area contributed by atoms with E-state index in [0.717, 1.165) is 4.90 Å². The summed E-state index contributed by atoms with van der Waals surface area (Å²) in [5, 5.41) is -0.162. The van der Waals surface area contributed by atoms with Gasteiger partial charge in [0.1, 0.15) is 0 Å². The monoisotopic (exact) mass is 280 g/mol. The molecule has 3 N–H and O–H groups in total. The molecular formula is C15H24N2OS. The van der Waals surface area contributed by atoms with Gasteiger partial charge in [0.05, 0.1) is 5.25 Å². The van der Waals surface area contributed by atoms with Gasteiger partial charge in [0.2, 0.25) is 5.91 Å². The third kappa shape index (κ3) is 4.55. The van der Waals surface area contributed by atoms with Crippen LogP contribution >= 0.6 is 11.8 Å². The van der Waals surface area contributed by atoms with Crippen molar-refractivity contribution in [2.75, 3.05) is 0 Å². The largest absolute Gasteiger partial charge is 0.293 e. The molecule has 1 atom stereocenters. The molecule has 0 fully saturated rings. The Morgan fingerprint density at radius 2 is 1.74 bits per heavy atom. The predicted octanol–water partition coefficient (Wildman–Crippen LogP) is 3.09. The van der Waals surface area contributed by atoms with E-state index in [1.54, 1.807) is 11.8 Å². The van der Waals surface area contributed by atoms with Crippen molar-refractivity contribution in [2.24, 2.45) is 11.8 Å². The van der Waals surface area contributed by atoms with Gasteiger partial charge in [-0.25, -0.2) is 5.84 Å². The van der Waals surface area contributed by atoms with E-state index in [1.807, 2.05) is 13.8 Å². The minimum atomic E-state index is -0.162. The summed E-state index contributed by atoms with van der Waals surface area (Å²) in [7, 11) is 0. The summed E-state index contributed by atoms with van der Waals surface area (Å²) < 4.78 is 0. The summed E-state index contributed by atoms with van der Waals surface area (Å²) in [6, 6.07) is 8.40. The lowest BCUT2D eigenvalue weighted by Gasteiger charge is -2.21. The second-order valence-electron chi connectivity index (χ2n) is 6.07. The van der Waals surface area contributed by atoms with Crippen LogP contribution in [0.1, 0.15) is 40.2 Å². The van der Waals surface area contributed by atoms with E-state index in [1.165, 1.54) is 5.56 Å². The second kappa shape index (κ2) is 6.44. The molecule has 0 bridgehead atoms. The van der Waals surface area contributed by atoms with Gasteiger partial charge in [-0.05, 0) is 29.0 Å². The number of hydrogen-bond donors (Lipinski definition) is 2. The summed E-state index contributed by atoms with van der Waals surface area (Å²) in [4.78, 5) is 12.8. The Bertz CT molecular complexity index is 421. The van der Waals surface area contributed by atoms with Gasteiger partial charge in [-0.2, -0.15) is 0 Å². The number of nitrogens with two attached hydrogens (primary N) is 1. The highest BCUT2D eigenvalue weighted by atomic mass is 32.2. The highest BCUT2D eigenvalue weighted by Crippen LogP contribution is 2.30. The van der Waals surface area contributed by atoms with Crippen molar-refractivity contribution in [3.8, 4) is 0 Å². The number of benzene rings is 1. The van der Waals surface area contributed by atoms with Gasteiger partial charge >= 0.3 is 0 Å². The van der Waals surface area contributed by atoms with Crippen molar-refractivity contribution >= 4 is 17.7 Å². The number of hydrazine groups is 1. The molecule has 19 heavy (non-hydrogen) atoms. The molecule has 0 spiro atoms. The van der Waals surface area contributed by atoms with Crippen molar-refractivity contribution in [3.05, 3.63) is 29.8 Å². The fourth-order valence-corrected chi connectivity index (χ4v) is 2.79. The predicted molar refractivity (Wildman–Crippen MR) is 82.0 cm³/mol. The van der Waals surface area contributed by atoms with Crippen LogP contribution in [0.3, 0.4) is 0 Å². The molecule has 0 aliphatic rings. The maximum atomic E-state index is 11.7. The highest BCUT2D eigenvalue weighted by molar-refractivity contribution is 8.00. The average Bonchev–Trinajstić information content (AvgIpc) is 2.34. The summed E-state index contributed by atoms with van der Waals surface area (Å²) in [6.45, 7) is 10.6. The van der Waals surface area contributed by atoms with E-state index in [0.29, 0.717) is 0 Å². The molecule has 0 heterocycles. The molecule has 0 aliphatic carbocycles. The first kappa shape index (κ1) is 16.1. The number of carbonyl (C=O) groups is 1. The highest BCUT2D eigenvalue weighted by Gasteiger charge is 2.23. The van der Waals surface area contributed by atoms with E-state index in [4.69, 9.17) is 5.84 Å². The lowest BCUT2D eigenvalue weighted by molar-refractivity contribution is -0.121. The van der Waals surface area contributed by atoms with Crippen LogP contribution in [0.4, 0.5) is 0 Å². The standard InChI is InChI=1S/C15H24N2OS/c1-10(2)13(14(18)17-16)19-12-8-6-11(7-9-12)15(3,4)5/h6-10,13H,16H2,1-5H3,(H,17,18). The van der Waals surface area contributed by atoms with Gasteiger partial charge in [0.15, 0.2) is 0 Å². The van der Waals surface area contributed by atoms with Crippen LogP contribution < -0.4 is 11.3 Å². The van der Waals surface area contributed by atoms with Crippen LogP contribution in [-0.4, -0.2) is 11.2 Å². The molecule has 1 unspecified atom stereocenters. The fraction of sp³-hybridized carbons (Fsp3) is 0.533. The van der Waals surface area contributed by atoms with Gasteiger partial charge in [-0.1, -0.05) is 46.8 Å². The lowest BCUT2D eigenvalue weighted by atomic mass is 9.87. The molecule has 4 heteroatoms. The topological polar surface area (TPSA) is 55.1 Å². The third-order valence-electron chi connectivity index (χ3n) is 2.99. The van der Waals surface area contributed by atoms with E-state index < -0.39 is 0 Å². The molecule has 0 aromatic heterocycles. The van der Waals surface area contributed by atoms with Crippen LogP contribution in [0.15, 0.2) is 29.2 Å². The molecule has 0 aliphatic heterocycles. The molecule has 1 rings (SSSR count). The van der Waals surface area contributed by atoms with Crippen LogP contribution in [-0.2, 0) is 10.2 Å². The molecule has 1 aromatic carbocycles. The molecule has 3 nitrogen and oxygen atoms in total. The van der Waals surface area contributed by atoms with Crippen LogP contribution in [0, 0.1) is 5.92 Å². The first-order valence-electron chi connectivity index (χ1n) is 6.53. The SMILES string of the molecule is CC(C)C(Sc1ccc(C(C)(C)C)cc1)C(=O)NN. The molecular weight excluding hydrogens is 256 g/mol. The number of carbonyl (C=O) groups excluding carboxylic acids is 1. The second-order valence-corrected chi connectivity index (χ2v) is 7.28. The van der Waals surface area contributed by atoms with E-state index in [9.17, 15) is 4.79 Å². The van der Waals surface area contributed by atoms with Gasteiger partial charge in [-0.15, -0.1) is 11.8 Å². The van der Waals surface area contributed by atoms with Crippen molar-refractivity contribution in [1.82, 2.24) is 5.43 Å². The Kier molecular flexibility index (Phi) is 5.44. The number of hydrogen-bond acceptors (Lipinski definition) is 3. The van der Waals surface area contributed by atoms with Crippen molar-refractivity contribution in [3.63, 3.8) is 0 Å². The van der Waals surface area contributed by atoms with Gasteiger partial charge in [-0.3, -0.25) is 10.2 Å². The van der Waals surface area contributed by atoms with Crippen LogP contribution in [0.5, 0.6) is 0 Å². The van der Waals surface area contributed by atoms with Gasteiger partial charge in [0.25, 0.3) is 0 Å². The first-order chi connectivity index (χ1) is 8.75. The third-order valence-corrected chi connectivity index (χ3v) is 4.55. The Balaban J connectivity index is 2.84. The summed E-state index contributed by atoms with van der Waals surface area (Å²) in [6.07, 6.45) is 0. The van der Waals surface area contributed by atoms with Gasteiger partial charge in [0, 0.05) is 4.90 Å². The summed E-state index contributed by atoms with van der Waals surface area (Å²) in [5.41, 5.74) is 3.68. The van der Waals surface area contributed by atoms with E-state index in [2.05, 4.69) is 50.5 Å². The maximum Gasteiger partial charge on any atom is 0.247 e. The van der Waals surface area contributed by atoms with Crippen LogP contribution in [0.2, 0.25) is 0 Å².